The Labute approximate surface area is 117 Å². The highest BCUT2D eigenvalue weighted by Crippen LogP contribution is 2.47. The van der Waals surface area contributed by atoms with E-state index in [9.17, 15) is 14.7 Å². The molecule has 1 aliphatic carbocycles. The number of aryl methyl sites for hydroxylation is 1. The third kappa shape index (κ3) is 3.28. The van der Waals surface area contributed by atoms with Crippen molar-refractivity contribution in [2.24, 2.45) is 12.5 Å². The third-order valence-electron chi connectivity index (χ3n) is 3.91. The molecule has 0 aliphatic heterocycles. The van der Waals surface area contributed by atoms with Crippen molar-refractivity contribution in [2.45, 2.75) is 32.2 Å². The van der Waals surface area contributed by atoms with Gasteiger partial charge in [-0.2, -0.15) is 5.10 Å². The highest BCUT2D eigenvalue weighted by Gasteiger charge is 2.40. The number of carbonyl (C=O) groups is 2. The summed E-state index contributed by atoms with van der Waals surface area (Å²) < 4.78 is 1.50. The lowest BCUT2D eigenvalue weighted by atomic mass is 10.0. The first-order valence-electron chi connectivity index (χ1n) is 6.71. The number of nitrogens with one attached hydrogen (secondary N) is 2. The van der Waals surface area contributed by atoms with Gasteiger partial charge in [-0.15, -0.1) is 0 Å². The van der Waals surface area contributed by atoms with Crippen molar-refractivity contribution in [2.75, 3.05) is 6.54 Å². The molecule has 1 saturated carbocycles. The highest BCUT2D eigenvalue weighted by atomic mass is 16.4. The maximum Gasteiger partial charge on any atom is 0.331 e. The van der Waals surface area contributed by atoms with Crippen LogP contribution in [0.4, 0.5) is 4.79 Å². The molecule has 110 valence electrons. The molecule has 1 aromatic heterocycles. The van der Waals surface area contributed by atoms with Crippen LogP contribution in [0.2, 0.25) is 0 Å². The van der Waals surface area contributed by atoms with E-state index < -0.39 is 18.0 Å². The number of amides is 2. The number of nitrogens with zero attached hydrogens (tertiary/aromatic N) is 2. The molecule has 0 radical (unpaired) electrons. The summed E-state index contributed by atoms with van der Waals surface area (Å²) in [5.74, 6) is -1.11. The predicted molar refractivity (Wildman–Crippen MR) is 72.1 cm³/mol. The highest BCUT2D eigenvalue weighted by molar-refractivity contribution is 5.83. The fourth-order valence-corrected chi connectivity index (χ4v) is 2.16. The van der Waals surface area contributed by atoms with Crippen LogP contribution in [0.15, 0.2) is 12.4 Å². The molecule has 0 saturated heterocycles. The zero-order valence-corrected chi connectivity index (χ0v) is 11.7. The number of carbonyl (C=O) groups excluding carboxylic acids is 1. The van der Waals surface area contributed by atoms with Crippen molar-refractivity contribution in [3.8, 4) is 0 Å². The van der Waals surface area contributed by atoms with Crippen LogP contribution >= 0.6 is 0 Å². The van der Waals surface area contributed by atoms with Gasteiger partial charge in [-0.25, -0.2) is 9.59 Å². The van der Waals surface area contributed by atoms with E-state index in [0.29, 0.717) is 12.1 Å². The van der Waals surface area contributed by atoms with Crippen LogP contribution in [0.25, 0.3) is 0 Å². The first-order chi connectivity index (χ1) is 9.46. The minimum Gasteiger partial charge on any atom is -0.479 e. The Kier molecular flexibility index (Phi) is 3.96. The molecule has 7 heteroatoms. The standard InChI is InChI=1S/C13H20N4O3/c1-3-13(4-5-13)8-14-12(20)16-10(11(18)19)9-6-15-17(2)7-9/h6-7,10H,3-5,8H2,1-2H3,(H,18,19)(H2,14,16,20). The summed E-state index contributed by atoms with van der Waals surface area (Å²) >= 11 is 0. The second-order valence-electron chi connectivity index (χ2n) is 5.40. The fourth-order valence-electron chi connectivity index (χ4n) is 2.16. The lowest BCUT2D eigenvalue weighted by molar-refractivity contribution is -0.139. The molecule has 1 fully saturated rings. The quantitative estimate of drug-likeness (QED) is 0.725. The summed E-state index contributed by atoms with van der Waals surface area (Å²) in [5, 5.41) is 18.3. The minimum absolute atomic E-state index is 0.227. The number of rotatable bonds is 6. The molecule has 1 atom stereocenters. The molecular weight excluding hydrogens is 260 g/mol. The molecule has 20 heavy (non-hydrogen) atoms. The van der Waals surface area contributed by atoms with Crippen molar-refractivity contribution < 1.29 is 14.7 Å². The first kappa shape index (κ1) is 14.4. The van der Waals surface area contributed by atoms with Crippen molar-refractivity contribution in [3.05, 3.63) is 18.0 Å². The van der Waals surface area contributed by atoms with Crippen molar-refractivity contribution in [1.82, 2.24) is 20.4 Å². The molecule has 2 rings (SSSR count). The summed E-state index contributed by atoms with van der Waals surface area (Å²) in [5.41, 5.74) is 0.677. The van der Waals surface area contributed by atoms with Crippen LogP contribution in [0.3, 0.4) is 0 Å². The summed E-state index contributed by atoms with van der Waals surface area (Å²) in [6.07, 6.45) is 6.28. The number of aliphatic carboxylic acids is 1. The predicted octanol–water partition coefficient (Wildman–Crippen LogP) is 1.04. The Balaban J connectivity index is 1.91. The first-order valence-corrected chi connectivity index (χ1v) is 6.71. The molecule has 3 N–H and O–H groups in total. The van der Waals surface area contributed by atoms with Gasteiger partial charge in [0.2, 0.25) is 0 Å². The topological polar surface area (TPSA) is 96.2 Å². The number of carboxylic acids is 1. The van der Waals surface area contributed by atoms with E-state index in [1.165, 1.54) is 10.9 Å². The Morgan fingerprint density at radius 2 is 2.25 bits per heavy atom. The Bertz CT molecular complexity index is 507. The molecule has 0 aromatic carbocycles. The van der Waals surface area contributed by atoms with E-state index >= 15 is 0 Å². The van der Waals surface area contributed by atoms with Crippen LogP contribution < -0.4 is 10.6 Å². The van der Waals surface area contributed by atoms with Crippen LogP contribution in [0, 0.1) is 5.41 Å². The van der Waals surface area contributed by atoms with Gasteiger partial charge in [0.25, 0.3) is 0 Å². The van der Waals surface area contributed by atoms with Crippen molar-refractivity contribution in [3.63, 3.8) is 0 Å². The zero-order valence-electron chi connectivity index (χ0n) is 11.7. The van der Waals surface area contributed by atoms with Gasteiger partial charge < -0.3 is 15.7 Å². The zero-order chi connectivity index (χ0) is 14.8. The van der Waals surface area contributed by atoms with Crippen LogP contribution in [-0.4, -0.2) is 33.4 Å². The lowest BCUT2D eigenvalue weighted by Gasteiger charge is -2.17. The van der Waals surface area contributed by atoms with Gasteiger partial charge in [0, 0.05) is 25.4 Å². The van der Waals surface area contributed by atoms with Gasteiger partial charge in [0.05, 0.1) is 6.20 Å². The maximum atomic E-state index is 11.8. The monoisotopic (exact) mass is 280 g/mol. The molecule has 2 amide bonds. The number of hydrogen-bond acceptors (Lipinski definition) is 3. The van der Waals surface area contributed by atoms with Gasteiger partial charge in [-0.3, -0.25) is 4.68 Å². The molecule has 7 nitrogen and oxygen atoms in total. The summed E-state index contributed by atoms with van der Waals surface area (Å²) in [6, 6.07) is -1.54. The largest absolute Gasteiger partial charge is 0.479 e. The average molecular weight is 280 g/mol. The summed E-state index contributed by atoms with van der Waals surface area (Å²) in [4.78, 5) is 23.1. The smallest absolute Gasteiger partial charge is 0.331 e. The average Bonchev–Trinajstić information content (AvgIpc) is 3.08. The Morgan fingerprint density at radius 3 is 2.70 bits per heavy atom. The van der Waals surface area contributed by atoms with Crippen molar-refractivity contribution >= 4 is 12.0 Å². The third-order valence-corrected chi connectivity index (χ3v) is 3.91. The molecule has 0 spiro atoms. The molecule has 1 aliphatic rings. The number of carboxylic acid groups (broad SMARTS) is 1. The van der Waals surface area contributed by atoms with E-state index in [4.69, 9.17) is 0 Å². The second kappa shape index (κ2) is 5.52. The number of hydrogen-bond donors (Lipinski definition) is 3. The van der Waals surface area contributed by atoms with Crippen molar-refractivity contribution in [1.29, 1.82) is 0 Å². The molecular formula is C13H20N4O3. The molecule has 1 heterocycles. The second-order valence-corrected chi connectivity index (χ2v) is 5.40. The molecule has 0 bridgehead atoms. The summed E-state index contributed by atoms with van der Waals surface area (Å²) in [6.45, 7) is 2.69. The lowest BCUT2D eigenvalue weighted by Crippen LogP contribution is -2.42. The van der Waals surface area contributed by atoms with Crippen LogP contribution in [0.5, 0.6) is 0 Å². The Hall–Kier alpha value is -2.05. The van der Waals surface area contributed by atoms with Gasteiger partial charge in [-0.05, 0) is 24.7 Å². The summed E-state index contributed by atoms with van der Waals surface area (Å²) in [7, 11) is 1.70. The van der Waals surface area contributed by atoms with Crippen LogP contribution in [0.1, 0.15) is 37.8 Å². The van der Waals surface area contributed by atoms with Crippen LogP contribution in [-0.2, 0) is 11.8 Å². The van der Waals surface area contributed by atoms with E-state index in [1.807, 2.05) is 0 Å². The normalized spacial score (nSPS) is 17.3. The van der Waals surface area contributed by atoms with E-state index in [2.05, 4.69) is 22.7 Å². The molecule has 1 unspecified atom stereocenters. The number of aromatic nitrogens is 2. The van der Waals surface area contributed by atoms with E-state index in [0.717, 1.165) is 19.3 Å². The Morgan fingerprint density at radius 1 is 1.55 bits per heavy atom. The van der Waals surface area contributed by atoms with E-state index in [-0.39, 0.29) is 5.41 Å². The maximum absolute atomic E-state index is 11.8. The minimum atomic E-state index is -1.11. The number of urea groups is 1. The van der Waals surface area contributed by atoms with Gasteiger partial charge >= 0.3 is 12.0 Å². The SMILES string of the molecule is CCC1(CNC(=O)NC(C(=O)O)c2cnn(C)c2)CC1. The van der Waals surface area contributed by atoms with Gasteiger partial charge in [-0.1, -0.05) is 6.92 Å². The van der Waals surface area contributed by atoms with Gasteiger partial charge in [0.1, 0.15) is 0 Å². The molecule has 1 aromatic rings. The fraction of sp³-hybridized carbons (Fsp3) is 0.615. The van der Waals surface area contributed by atoms with Gasteiger partial charge in [0.15, 0.2) is 6.04 Å². The van der Waals surface area contributed by atoms with E-state index in [1.54, 1.807) is 13.2 Å².